The van der Waals surface area contributed by atoms with Crippen LogP contribution in [0, 0.1) is 0 Å². The van der Waals surface area contributed by atoms with Gasteiger partial charge in [0.1, 0.15) is 0 Å². The maximum absolute atomic E-state index is 12.2. The normalized spacial score (nSPS) is 16.1. The van der Waals surface area contributed by atoms with E-state index in [2.05, 4.69) is 5.32 Å². The first kappa shape index (κ1) is 18.6. The van der Waals surface area contributed by atoms with Crippen molar-refractivity contribution in [2.45, 2.75) is 19.6 Å². The molecule has 1 aromatic heterocycles. The molecule has 0 aliphatic carbocycles. The number of rotatable bonds is 3. The summed E-state index contributed by atoms with van der Waals surface area (Å²) >= 11 is 0. The van der Waals surface area contributed by atoms with Crippen molar-refractivity contribution in [3.63, 3.8) is 0 Å². The lowest BCUT2D eigenvalue weighted by Crippen LogP contribution is -2.42. The van der Waals surface area contributed by atoms with Crippen LogP contribution in [0.25, 0.3) is 11.0 Å². The summed E-state index contributed by atoms with van der Waals surface area (Å²) in [6.45, 7) is 2.97. The molecule has 3 rings (SSSR count). The Hall–Kier alpha value is -3.23. The predicted molar refractivity (Wildman–Crippen MR) is 100 cm³/mol. The number of benzene rings is 1. The third kappa shape index (κ3) is 3.16. The maximum Gasteiger partial charge on any atom is 0.350 e. The molecular formula is C18H22N4O5. The molecule has 0 unspecified atom stereocenters. The zero-order valence-electron chi connectivity index (χ0n) is 16.1. The van der Waals surface area contributed by atoms with E-state index in [9.17, 15) is 14.4 Å². The molecule has 0 bridgehead atoms. The molecule has 27 heavy (non-hydrogen) atoms. The molecule has 1 aliphatic rings. The molecule has 2 aromatic rings. The lowest BCUT2D eigenvalue weighted by atomic mass is 10.2. The number of aromatic nitrogens is 2. The van der Waals surface area contributed by atoms with Crippen molar-refractivity contribution >= 4 is 34.3 Å². The van der Waals surface area contributed by atoms with Crippen LogP contribution in [0.4, 0.5) is 11.4 Å². The zero-order chi connectivity index (χ0) is 20.1. The summed E-state index contributed by atoms with van der Waals surface area (Å²) in [5.41, 5.74) is 2.49. The van der Waals surface area contributed by atoms with E-state index in [1.54, 1.807) is 24.7 Å². The summed E-state index contributed by atoms with van der Waals surface area (Å²) in [6, 6.07) is 3.64. The van der Waals surface area contributed by atoms with E-state index in [0.29, 0.717) is 11.2 Å². The van der Waals surface area contributed by atoms with Crippen LogP contribution < -0.4 is 15.9 Å². The Morgan fingerprint density at radius 3 is 2.04 bits per heavy atom. The molecule has 9 nitrogen and oxygen atoms in total. The van der Waals surface area contributed by atoms with Gasteiger partial charge in [-0.3, -0.25) is 9.13 Å². The minimum atomic E-state index is -1.29. The third-order valence-electron chi connectivity index (χ3n) is 4.36. The van der Waals surface area contributed by atoms with E-state index in [1.807, 2.05) is 25.1 Å². The van der Waals surface area contributed by atoms with Gasteiger partial charge in [0.05, 0.1) is 22.4 Å². The molecule has 2 heterocycles. The van der Waals surface area contributed by atoms with Gasteiger partial charge in [-0.15, -0.1) is 0 Å². The van der Waals surface area contributed by atoms with Gasteiger partial charge >= 0.3 is 17.6 Å². The molecule has 1 aromatic carbocycles. The van der Waals surface area contributed by atoms with E-state index in [-0.39, 0.29) is 11.3 Å². The molecule has 1 aliphatic heterocycles. The number of fused-ring (bicyclic) bond motifs is 1. The molecular weight excluding hydrogens is 352 g/mol. The Labute approximate surface area is 155 Å². The summed E-state index contributed by atoms with van der Waals surface area (Å²) < 4.78 is 13.2. The van der Waals surface area contributed by atoms with Crippen molar-refractivity contribution in [2.75, 3.05) is 24.3 Å². The van der Waals surface area contributed by atoms with Gasteiger partial charge in [-0.25, -0.2) is 14.4 Å². The van der Waals surface area contributed by atoms with E-state index in [0.717, 1.165) is 11.2 Å². The number of imidazole rings is 1. The molecule has 1 N–H and O–H groups in total. The molecule has 0 radical (unpaired) electrons. The van der Waals surface area contributed by atoms with Gasteiger partial charge < -0.3 is 19.7 Å². The topological polar surface area (TPSA) is 94.8 Å². The number of carbonyl (C=O) groups excluding carboxylic acids is 2. The fourth-order valence-corrected chi connectivity index (χ4v) is 2.95. The number of esters is 2. The second-order valence-corrected chi connectivity index (χ2v) is 7.03. The smallest absolute Gasteiger partial charge is 0.350 e. The summed E-state index contributed by atoms with van der Waals surface area (Å²) in [7, 11) is 7.09. The predicted octanol–water partition coefficient (Wildman–Crippen LogP) is 1.07. The monoisotopic (exact) mass is 374 g/mol. The Morgan fingerprint density at radius 2 is 1.52 bits per heavy atom. The Balaban J connectivity index is 2.05. The van der Waals surface area contributed by atoms with Crippen LogP contribution in [0.5, 0.6) is 0 Å². The van der Waals surface area contributed by atoms with Gasteiger partial charge in [0.25, 0.3) is 5.79 Å². The van der Waals surface area contributed by atoms with Crippen molar-refractivity contribution in [2.24, 2.45) is 14.1 Å². The van der Waals surface area contributed by atoms with Gasteiger partial charge in [0.15, 0.2) is 5.57 Å². The van der Waals surface area contributed by atoms with Crippen LogP contribution in [-0.2, 0) is 33.2 Å². The lowest BCUT2D eigenvalue weighted by Gasteiger charge is -2.29. The molecule has 0 atom stereocenters. The quantitative estimate of drug-likeness (QED) is 0.488. The van der Waals surface area contributed by atoms with Crippen molar-refractivity contribution in [1.29, 1.82) is 0 Å². The van der Waals surface area contributed by atoms with Crippen LogP contribution in [0.3, 0.4) is 0 Å². The molecule has 0 amide bonds. The first-order chi connectivity index (χ1) is 12.5. The highest BCUT2D eigenvalue weighted by atomic mass is 16.7. The number of nitrogens with one attached hydrogen (secondary N) is 1. The Bertz CT molecular complexity index is 1020. The number of hydrogen-bond acceptors (Lipinski definition) is 7. The fraction of sp³-hybridized carbons (Fsp3) is 0.389. The number of aryl methyl sites for hydroxylation is 2. The van der Waals surface area contributed by atoms with Crippen LogP contribution in [0.1, 0.15) is 13.8 Å². The van der Waals surface area contributed by atoms with Crippen molar-refractivity contribution in [3.8, 4) is 0 Å². The Morgan fingerprint density at radius 1 is 1.00 bits per heavy atom. The highest BCUT2D eigenvalue weighted by molar-refractivity contribution is 6.15. The summed E-state index contributed by atoms with van der Waals surface area (Å²) in [4.78, 5) is 38.2. The molecule has 9 heteroatoms. The number of ether oxygens (including phenoxy) is 2. The fourth-order valence-electron chi connectivity index (χ4n) is 2.95. The van der Waals surface area contributed by atoms with Crippen LogP contribution in [-0.4, -0.2) is 41.0 Å². The maximum atomic E-state index is 12.2. The number of carbonyl (C=O) groups is 2. The lowest BCUT2D eigenvalue weighted by molar-refractivity contribution is -0.222. The minimum absolute atomic E-state index is 0.146. The largest absolute Gasteiger partial charge is 0.419 e. The number of hydrogen-bond donors (Lipinski definition) is 1. The molecule has 144 valence electrons. The van der Waals surface area contributed by atoms with Gasteiger partial charge in [0, 0.05) is 48.2 Å². The Kier molecular flexibility index (Phi) is 4.25. The second kappa shape index (κ2) is 6.19. The molecule has 1 saturated heterocycles. The van der Waals surface area contributed by atoms with Gasteiger partial charge in [-0.2, -0.15) is 0 Å². The number of cyclic esters (lactones) is 2. The van der Waals surface area contributed by atoms with Crippen molar-refractivity contribution < 1.29 is 19.1 Å². The first-order valence-corrected chi connectivity index (χ1v) is 8.32. The molecule has 0 saturated carbocycles. The van der Waals surface area contributed by atoms with Crippen LogP contribution in [0.15, 0.2) is 28.7 Å². The number of nitrogens with zero attached hydrogens (tertiary/aromatic N) is 3. The van der Waals surface area contributed by atoms with Crippen LogP contribution in [0.2, 0.25) is 0 Å². The standard InChI is InChI=1S/C18H22N4O5/c1-18(2)26-15(23)10(16(24)27-18)9-19-11-7-13-14(8-12(11)20(3)4)22(6)17(25)21(13)5/h7-9,19H,1-6H3. The summed E-state index contributed by atoms with van der Waals surface area (Å²) in [6.07, 6.45) is 1.26. The van der Waals surface area contributed by atoms with Crippen molar-refractivity contribution in [3.05, 3.63) is 34.4 Å². The minimum Gasteiger partial charge on any atom is -0.419 e. The highest BCUT2D eigenvalue weighted by Crippen LogP contribution is 2.30. The molecule has 0 spiro atoms. The summed E-state index contributed by atoms with van der Waals surface area (Å²) in [5.74, 6) is -2.81. The SMILES string of the molecule is CN(C)c1cc2c(cc1NC=C1C(=O)OC(C)(C)OC1=O)n(C)c(=O)n2C. The first-order valence-electron chi connectivity index (χ1n) is 8.32. The zero-order valence-corrected chi connectivity index (χ0v) is 16.1. The van der Waals surface area contributed by atoms with E-state index in [4.69, 9.17) is 9.47 Å². The molecule has 1 fully saturated rings. The van der Waals surface area contributed by atoms with Gasteiger partial charge in [-0.05, 0) is 12.1 Å². The summed E-state index contributed by atoms with van der Waals surface area (Å²) in [5, 5.41) is 2.97. The third-order valence-corrected chi connectivity index (χ3v) is 4.36. The van der Waals surface area contributed by atoms with Gasteiger partial charge in [0.2, 0.25) is 0 Å². The van der Waals surface area contributed by atoms with Gasteiger partial charge in [-0.1, -0.05) is 0 Å². The average molecular weight is 374 g/mol. The van der Waals surface area contributed by atoms with E-state index in [1.165, 1.54) is 24.6 Å². The van der Waals surface area contributed by atoms with Crippen LogP contribution >= 0.6 is 0 Å². The van der Waals surface area contributed by atoms with E-state index < -0.39 is 17.7 Å². The number of anilines is 2. The van der Waals surface area contributed by atoms with Crippen molar-refractivity contribution in [1.82, 2.24) is 9.13 Å². The van der Waals surface area contributed by atoms with E-state index >= 15 is 0 Å². The second-order valence-electron chi connectivity index (χ2n) is 7.03. The average Bonchev–Trinajstić information content (AvgIpc) is 2.76. The highest BCUT2D eigenvalue weighted by Gasteiger charge is 2.39.